The first-order chi connectivity index (χ1) is 22.8. The number of para-hydroxylation sites is 5. The Balaban J connectivity index is 1.17. The van der Waals surface area contributed by atoms with E-state index in [1.807, 2.05) is 11.3 Å². The van der Waals surface area contributed by atoms with Crippen molar-refractivity contribution in [1.29, 1.82) is 0 Å². The molecule has 0 bridgehead atoms. The lowest BCUT2D eigenvalue weighted by Gasteiger charge is -2.33. The van der Waals surface area contributed by atoms with Gasteiger partial charge in [0.15, 0.2) is 0 Å². The molecule has 10 aromatic rings. The molecule has 0 radical (unpaired) electrons. The van der Waals surface area contributed by atoms with E-state index in [4.69, 9.17) is 0 Å². The fourth-order valence-corrected chi connectivity index (χ4v) is 9.10. The summed E-state index contributed by atoms with van der Waals surface area (Å²) in [6.45, 7) is 0. The molecule has 0 amide bonds. The maximum atomic E-state index is 2.49. The van der Waals surface area contributed by atoms with Crippen LogP contribution in [0.3, 0.4) is 0 Å². The summed E-state index contributed by atoms with van der Waals surface area (Å²) in [6, 6.07) is 55.6. The fourth-order valence-electron chi connectivity index (χ4n) is 7.99. The van der Waals surface area contributed by atoms with Gasteiger partial charge in [0, 0.05) is 53.1 Å². The summed E-state index contributed by atoms with van der Waals surface area (Å²) in [5.74, 6) is 0. The molecule has 46 heavy (non-hydrogen) atoms. The number of aromatic nitrogens is 2. The average molecular weight is 604 g/mol. The first-order valence-corrected chi connectivity index (χ1v) is 16.5. The first-order valence-electron chi connectivity index (χ1n) is 15.7. The molecular weight excluding hydrogens is 579 g/mol. The lowest BCUT2D eigenvalue weighted by Crippen LogP contribution is -2.18. The second-order valence-corrected chi connectivity index (χ2v) is 13.2. The molecule has 0 atom stereocenters. The summed E-state index contributed by atoms with van der Waals surface area (Å²) < 4.78 is 7.54. The first kappa shape index (κ1) is 24.5. The molecule has 11 rings (SSSR count). The second kappa shape index (κ2) is 8.87. The third-order valence-electron chi connectivity index (χ3n) is 9.82. The van der Waals surface area contributed by atoms with Crippen LogP contribution in [0.5, 0.6) is 0 Å². The minimum Gasteiger partial charge on any atom is -0.309 e. The Morgan fingerprint density at radius 1 is 0.348 bits per heavy atom. The lowest BCUT2D eigenvalue weighted by atomic mass is 10.0. The van der Waals surface area contributed by atoms with E-state index in [2.05, 4.69) is 166 Å². The third-order valence-corrected chi connectivity index (χ3v) is 11.0. The van der Waals surface area contributed by atoms with Crippen molar-refractivity contribution in [1.82, 2.24) is 9.13 Å². The lowest BCUT2D eigenvalue weighted by molar-refractivity contribution is 1.11. The highest BCUT2D eigenvalue weighted by atomic mass is 32.1. The van der Waals surface area contributed by atoms with Crippen molar-refractivity contribution < 1.29 is 0 Å². The molecule has 1 aliphatic heterocycles. The largest absolute Gasteiger partial charge is 0.309 e. The van der Waals surface area contributed by atoms with E-state index in [-0.39, 0.29) is 0 Å². The van der Waals surface area contributed by atoms with Crippen LogP contribution in [0.15, 0.2) is 152 Å². The Bertz CT molecular complexity index is 2810. The van der Waals surface area contributed by atoms with Gasteiger partial charge in [0.2, 0.25) is 0 Å². The van der Waals surface area contributed by atoms with E-state index >= 15 is 0 Å². The SMILES string of the molecule is c1ccc2c(c1)N(c1ccc(-n3c4ccccc4c4ccccc43)cc1)c1cccc3c4c5c(ccc4n-2c13)sc1ccccc15. The van der Waals surface area contributed by atoms with Crippen molar-refractivity contribution in [2.75, 3.05) is 4.90 Å². The Morgan fingerprint density at radius 2 is 0.957 bits per heavy atom. The summed E-state index contributed by atoms with van der Waals surface area (Å²) in [4.78, 5) is 2.44. The standard InChI is InChI=1S/C42H25N3S/c1-4-14-32-28(10-1)29-11-2-5-15-33(29)43(32)26-20-22-27(23-21-26)44-34-16-6-7-17-35(34)45-36-24-25-39-41(30-12-3-8-19-38(30)46-39)40(36)31-13-9-18-37(44)42(31)45/h1-25H. The van der Waals surface area contributed by atoms with E-state index in [0.717, 1.165) is 11.4 Å². The van der Waals surface area contributed by atoms with Crippen LogP contribution in [-0.4, -0.2) is 9.13 Å². The van der Waals surface area contributed by atoms with Crippen LogP contribution >= 0.6 is 11.3 Å². The van der Waals surface area contributed by atoms with E-state index in [0.29, 0.717) is 0 Å². The summed E-state index contributed by atoms with van der Waals surface area (Å²) in [7, 11) is 0. The third kappa shape index (κ3) is 3.06. The number of nitrogens with zero attached hydrogens (tertiary/aromatic N) is 3. The van der Waals surface area contributed by atoms with Gasteiger partial charge in [-0.25, -0.2) is 0 Å². The average Bonchev–Trinajstić information content (AvgIpc) is 3.77. The molecule has 0 saturated heterocycles. The van der Waals surface area contributed by atoms with Crippen molar-refractivity contribution in [2.24, 2.45) is 0 Å². The molecule has 0 N–H and O–H groups in total. The molecule has 214 valence electrons. The Kier molecular flexibility index (Phi) is 4.72. The van der Waals surface area contributed by atoms with Crippen molar-refractivity contribution >= 4 is 92.2 Å². The summed E-state index contributed by atoms with van der Waals surface area (Å²) in [6.07, 6.45) is 0. The van der Waals surface area contributed by atoms with Crippen molar-refractivity contribution in [3.8, 4) is 11.4 Å². The Morgan fingerprint density at radius 3 is 1.74 bits per heavy atom. The van der Waals surface area contributed by atoms with Gasteiger partial charge in [-0.15, -0.1) is 11.3 Å². The smallest absolute Gasteiger partial charge is 0.0783 e. The molecule has 0 unspecified atom stereocenters. The van der Waals surface area contributed by atoms with Gasteiger partial charge >= 0.3 is 0 Å². The number of anilines is 3. The quantitative estimate of drug-likeness (QED) is 0.192. The number of hydrogen-bond donors (Lipinski definition) is 0. The van der Waals surface area contributed by atoms with Gasteiger partial charge in [0.25, 0.3) is 0 Å². The Labute approximate surface area is 268 Å². The van der Waals surface area contributed by atoms with Gasteiger partial charge in [-0.05, 0) is 72.8 Å². The molecule has 0 spiro atoms. The minimum absolute atomic E-state index is 1.15. The molecule has 4 heteroatoms. The van der Waals surface area contributed by atoms with Gasteiger partial charge in [-0.2, -0.15) is 0 Å². The van der Waals surface area contributed by atoms with E-state index in [1.165, 1.54) is 80.8 Å². The van der Waals surface area contributed by atoms with Crippen molar-refractivity contribution in [3.63, 3.8) is 0 Å². The second-order valence-electron chi connectivity index (χ2n) is 12.1. The predicted octanol–water partition coefficient (Wildman–Crippen LogP) is 12.0. The monoisotopic (exact) mass is 603 g/mol. The summed E-state index contributed by atoms with van der Waals surface area (Å²) in [5, 5.41) is 7.88. The van der Waals surface area contributed by atoms with Gasteiger partial charge in [-0.3, -0.25) is 0 Å². The zero-order chi connectivity index (χ0) is 29.9. The summed E-state index contributed by atoms with van der Waals surface area (Å²) in [5.41, 5.74) is 10.8. The van der Waals surface area contributed by atoms with Crippen LogP contribution in [0.1, 0.15) is 0 Å². The molecule has 1 aliphatic rings. The van der Waals surface area contributed by atoms with Crippen LogP contribution in [0.4, 0.5) is 17.1 Å². The van der Waals surface area contributed by atoms with Crippen LogP contribution < -0.4 is 4.90 Å². The number of rotatable bonds is 2. The molecule has 7 aromatic carbocycles. The molecule has 0 fully saturated rings. The van der Waals surface area contributed by atoms with Crippen LogP contribution in [0, 0.1) is 0 Å². The molecule has 4 heterocycles. The normalized spacial score (nSPS) is 12.7. The predicted molar refractivity (Wildman–Crippen MR) is 196 cm³/mol. The highest BCUT2D eigenvalue weighted by Gasteiger charge is 2.29. The van der Waals surface area contributed by atoms with E-state index < -0.39 is 0 Å². The van der Waals surface area contributed by atoms with E-state index in [1.54, 1.807) is 0 Å². The number of hydrogen-bond acceptors (Lipinski definition) is 2. The maximum Gasteiger partial charge on any atom is 0.0783 e. The van der Waals surface area contributed by atoms with Crippen molar-refractivity contribution in [3.05, 3.63) is 152 Å². The minimum atomic E-state index is 1.15. The summed E-state index contributed by atoms with van der Waals surface area (Å²) >= 11 is 1.88. The number of benzene rings is 7. The van der Waals surface area contributed by atoms with Crippen LogP contribution in [0.25, 0.3) is 75.2 Å². The van der Waals surface area contributed by atoms with E-state index in [9.17, 15) is 0 Å². The van der Waals surface area contributed by atoms with Gasteiger partial charge in [0.05, 0.1) is 39.1 Å². The number of thiophene rings is 1. The van der Waals surface area contributed by atoms with Gasteiger partial charge < -0.3 is 14.0 Å². The highest BCUT2D eigenvalue weighted by molar-refractivity contribution is 7.26. The zero-order valence-electron chi connectivity index (χ0n) is 24.7. The molecule has 0 saturated carbocycles. The van der Waals surface area contributed by atoms with Crippen LogP contribution in [0.2, 0.25) is 0 Å². The molecular formula is C42H25N3S. The van der Waals surface area contributed by atoms with Gasteiger partial charge in [-0.1, -0.05) is 78.9 Å². The molecule has 0 aliphatic carbocycles. The molecule has 3 nitrogen and oxygen atoms in total. The topological polar surface area (TPSA) is 13.1 Å². The van der Waals surface area contributed by atoms with Crippen molar-refractivity contribution in [2.45, 2.75) is 0 Å². The van der Waals surface area contributed by atoms with Crippen LogP contribution in [-0.2, 0) is 0 Å². The number of fused-ring (bicyclic) bond motifs is 12. The Hall–Kier alpha value is -5.84. The zero-order valence-corrected chi connectivity index (χ0v) is 25.5. The maximum absolute atomic E-state index is 2.49. The highest BCUT2D eigenvalue weighted by Crippen LogP contribution is 2.52. The molecule has 3 aromatic heterocycles. The van der Waals surface area contributed by atoms with Gasteiger partial charge in [0.1, 0.15) is 0 Å². The fraction of sp³-hybridized carbons (Fsp3) is 0.